The van der Waals surface area contributed by atoms with Crippen molar-refractivity contribution in [3.63, 3.8) is 0 Å². The molecular weight excluding hydrogens is 815 g/mol. The van der Waals surface area contributed by atoms with Gasteiger partial charge in [-0.1, -0.05) is 47.5 Å². The monoisotopic (exact) mass is 846 g/mol. The Morgan fingerprint density at radius 1 is 0.404 bits per heavy atom. The number of halogens is 4. The van der Waals surface area contributed by atoms with Gasteiger partial charge in [-0.05, 0) is 96.1 Å². The molecule has 0 amide bonds. The fourth-order valence-corrected chi connectivity index (χ4v) is 6.95. The normalized spacial score (nSPS) is 10.8. The van der Waals surface area contributed by atoms with Gasteiger partial charge < -0.3 is 43.8 Å². The van der Waals surface area contributed by atoms with E-state index < -0.39 is 0 Å². The number of anilines is 4. The molecule has 0 N–H and O–H groups in total. The molecule has 0 radical (unpaired) electrons. The number of benzene rings is 6. The van der Waals surface area contributed by atoms with Gasteiger partial charge in [0.1, 0.15) is 0 Å². The molecule has 0 spiro atoms. The van der Waals surface area contributed by atoms with Crippen molar-refractivity contribution >= 4 is 67.8 Å². The Labute approximate surface area is 335 Å². The van der Waals surface area contributed by atoms with Gasteiger partial charge in [-0.3, -0.25) is 0 Å². The molecule has 52 heavy (non-hydrogen) atoms. The Kier molecular flexibility index (Phi) is 11.3. The molecule has 0 unspecified atom stereocenters. The van der Waals surface area contributed by atoms with Crippen LogP contribution in [-0.2, 0) is 0 Å². The quantitative estimate of drug-likeness (QED) is 0.209. The first-order valence-electron chi connectivity index (χ1n) is 16.5. The molecule has 8 heteroatoms. The number of fused-ring (bicyclic) bond motifs is 2. The molecule has 2 aromatic heterocycles. The summed E-state index contributed by atoms with van der Waals surface area (Å²) in [6.45, 7) is 0. The van der Waals surface area contributed by atoms with Crippen molar-refractivity contribution in [1.29, 1.82) is 0 Å². The van der Waals surface area contributed by atoms with Gasteiger partial charge in [0.15, 0.2) is 12.4 Å². The van der Waals surface area contributed by atoms with Gasteiger partial charge in [0.2, 0.25) is 22.4 Å². The summed E-state index contributed by atoms with van der Waals surface area (Å²) in [4.78, 5) is 4.40. The lowest BCUT2D eigenvalue weighted by Crippen LogP contribution is -3.00. The molecule has 0 aliphatic heterocycles. The molecule has 0 atom stereocenters. The van der Waals surface area contributed by atoms with E-state index in [1.165, 1.54) is 21.9 Å². The molecule has 8 aromatic rings. The molecule has 0 aliphatic rings. The maximum absolute atomic E-state index is 6.15. The minimum Gasteiger partial charge on any atom is -1.00 e. The summed E-state index contributed by atoms with van der Waals surface area (Å²) < 4.78 is 4.49. The lowest BCUT2D eigenvalue weighted by Gasteiger charge is -2.20. The standard InChI is InChI=1S/C44H34Cl2N4.2BrH/c1-47(35-23-15-33(45)16-24-35)41-27-29-49(43-9-5-3-7-39(41)43)37-19-11-31(12-20-37)32-13-21-38(22-14-32)50-30-28-42(40-8-4-6-10-44(40)50)48(2)36-25-17-34(46)18-26-36;;/h3-30H,1-2H3;2*1H/q+2;;/p-2. The molecular formula is C44H34Br2Cl2N4. The van der Waals surface area contributed by atoms with Gasteiger partial charge in [0.05, 0.1) is 22.1 Å². The third-order valence-electron chi connectivity index (χ3n) is 9.42. The summed E-state index contributed by atoms with van der Waals surface area (Å²) in [5, 5.41) is 3.80. The second-order valence-electron chi connectivity index (χ2n) is 12.3. The van der Waals surface area contributed by atoms with E-state index in [1.54, 1.807) is 0 Å². The first kappa shape index (κ1) is 37.1. The number of hydrogen-bond acceptors (Lipinski definition) is 2. The van der Waals surface area contributed by atoms with Crippen LogP contribution in [0.15, 0.2) is 170 Å². The van der Waals surface area contributed by atoms with Crippen molar-refractivity contribution < 1.29 is 43.1 Å². The van der Waals surface area contributed by atoms with Crippen LogP contribution in [0.25, 0.3) is 44.3 Å². The first-order valence-corrected chi connectivity index (χ1v) is 17.3. The molecule has 258 valence electrons. The van der Waals surface area contributed by atoms with Crippen LogP contribution < -0.4 is 52.9 Å². The maximum atomic E-state index is 6.15. The maximum Gasteiger partial charge on any atom is 0.220 e. The third kappa shape index (κ3) is 7.17. The summed E-state index contributed by atoms with van der Waals surface area (Å²) >= 11 is 12.3. The van der Waals surface area contributed by atoms with Gasteiger partial charge in [-0.25, -0.2) is 0 Å². The second kappa shape index (κ2) is 15.9. The highest BCUT2D eigenvalue weighted by Gasteiger charge is 2.20. The molecule has 2 heterocycles. The number of hydrogen-bond donors (Lipinski definition) is 0. The Hall–Kier alpha value is -4.72. The summed E-state index contributed by atoms with van der Waals surface area (Å²) in [7, 11) is 4.18. The molecule has 6 aromatic carbocycles. The lowest BCUT2D eigenvalue weighted by molar-refractivity contribution is -0.567. The average molecular weight is 849 g/mol. The van der Waals surface area contributed by atoms with Crippen molar-refractivity contribution in [3.05, 3.63) is 180 Å². The number of rotatable bonds is 7. The fraction of sp³-hybridized carbons (Fsp3) is 0.0455. The fourth-order valence-electron chi connectivity index (χ4n) is 6.70. The Morgan fingerprint density at radius 3 is 1.12 bits per heavy atom. The Bertz CT molecular complexity index is 2300. The number of nitrogens with zero attached hydrogens (tertiary/aromatic N) is 4. The number of pyridine rings is 2. The highest BCUT2D eigenvalue weighted by molar-refractivity contribution is 6.31. The van der Waals surface area contributed by atoms with E-state index in [0.29, 0.717) is 0 Å². The highest BCUT2D eigenvalue weighted by atomic mass is 79.9. The van der Waals surface area contributed by atoms with Crippen LogP contribution in [0.5, 0.6) is 0 Å². The Morgan fingerprint density at radius 2 is 0.750 bits per heavy atom. The zero-order valence-electron chi connectivity index (χ0n) is 28.5. The summed E-state index contributed by atoms with van der Waals surface area (Å²) in [5.74, 6) is 0. The largest absolute Gasteiger partial charge is 1.00 e. The molecule has 0 fully saturated rings. The minimum atomic E-state index is 0. The van der Waals surface area contributed by atoms with Crippen LogP contribution in [0.3, 0.4) is 0 Å². The van der Waals surface area contributed by atoms with Crippen LogP contribution in [0.2, 0.25) is 10.0 Å². The number of aromatic nitrogens is 2. The second-order valence-corrected chi connectivity index (χ2v) is 13.2. The lowest BCUT2D eigenvalue weighted by atomic mass is 10.0. The van der Waals surface area contributed by atoms with Crippen LogP contribution in [0, 0.1) is 0 Å². The molecule has 0 bridgehead atoms. The third-order valence-corrected chi connectivity index (χ3v) is 9.92. The predicted octanol–water partition coefficient (Wildman–Crippen LogP) is 5.06. The van der Waals surface area contributed by atoms with Crippen molar-refractivity contribution in [3.8, 4) is 22.5 Å². The smallest absolute Gasteiger partial charge is 0.220 e. The molecule has 4 nitrogen and oxygen atoms in total. The highest BCUT2D eigenvalue weighted by Crippen LogP contribution is 2.33. The minimum absolute atomic E-state index is 0. The summed E-state index contributed by atoms with van der Waals surface area (Å²) in [6, 6.07) is 54.8. The average Bonchev–Trinajstić information content (AvgIpc) is 3.17. The van der Waals surface area contributed by atoms with Crippen LogP contribution in [-0.4, -0.2) is 14.1 Å². The van der Waals surface area contributed by atoms with E-state index in [0.717, 1.165) is 55.2 Å². The van der Waals surface area contributed by atoms with Crippen LogP contribution >= 0.6 is 23.2 Å². The van der Waals surface area contributed by atoms with Gasteiger partial charge in [-0.15, -0.1) is 0 Å². The van der Waals surface area contributed by atoms with Crippen molar-refractivity contribution in [2.75, 3.05) is 23.9 Å². The first-order chi connectivity index (χ1) is 24.4. The van der Waals surface area contributed by atoms with E-state index >= 15 is 0 Å². The van der Waals surface area contributed by atoms with E-state index in [9.17, 15) is 0 Å². The van der Waals surface area contributed by atoms with Crippen LogP contribution in [0.4, 0.5) is 22.7 Å². The predicted molar refractivity (Wildman–Crippen MR) is 209 cm³/mol. The van der Waals surface area contributed by atoms with Gasteiger partial charge >= 0.3 is 0 Å². The SMILES string of the molecule is CN(c1ccc(Cl)cc1)c1cc[n+](-c2ccc(-c3ccc(-[n+]4ccc(N(C)c5ccc(Cl)cc5)c5ccccc54)cc3)cc2)c2ccccc12.[Br-].[Br-]. The summed E-state index contributed by atoms with van der Waals surface area (Å²) in [6.07, 6.45) is 4.29. The van der Waals surface area contributed by atoms with Crippen molar-refractivity contribution in [1.82, 2.24) is 0 Å². The zero-order valence-corrected chi connectivity index (χ0v) is 33.2. The van der Waals surface area contributed by atoms with E-state index in [-0.39, 0.29) is 34.0 Å². The number of para-hydroxylation sites is 2. The van der Waals surface area contributed by atoms with Gasteiger partial charge in [-0.2, -0.15) is 9.13 Å². The molecule has 0 saturated heterocycles. The summed E-state index contributed by atoms with van der Waals surface area (Å²) in [5.41, 5.74) is 11.2. The van der Waals surface area contributed by atoms with E-state index in [4.69, 9.17) is 23.2 Å². The van der Waals surface area contributed by atoms with Crippen molar-refractivity contribution in [2.45, 2.75) is 0 Å². The van der Waals surface area contributed by atoms with E-state index in [2.05, 4.69) is 155 Å². The molecule has 0 aliphatic carbocycles. The van der Waals surface area contributed by atoms with Crippen LogP contribution in [0.1, 0.15) is 0 Å². The van der Waals surface area contributed by atoms with Crippen molar-refractivity contribution in [2.24, 2.45) is 0 Å². The van der Waals surface area contributed by atoms with E-state index in [1.807, 2.05) is 48.5 Å². The molecule has 0 saturated carbocycles. The topological polar surface area (TPSA) is 14.2 Å². The zero-order chi connectivity index (χ0) is 34.2. The van der Waals surface area contributed by atoms with Gasteiger partial charge in [0, 0.05) is 84.0 Å². The van der Waals surface area contributed by atoms with Gasteiger partial charge in [0.25, 0.3) is 0 Å². The molecule has 8 rings (SSSR count). The Balaban J connectivity index is 0.00000232.